The number of nitrogens with zero attached hydrogens (tertiary/aromatic N) is 2. The van der Waals surface area contributed by atoms with Crippen LogP contribution in [0.3, 0.4) is 0 Å². The molecule has 27 heavy (non-hydrogen) atoms. The Bertz CT molecular complexity index is 782. The Morgan fingerprint density at radius 2 is 1.89 bits per heavy atom. The molecule has 1 saturated heterocycles. The van der Waals surface area contributed by atoms with Gasteiger partial charge < -0.3 is 10.2 Å². The lowest BCUT2D eigenvalue weighted by Gasteiger charge is -2.33. The fourth-order valence-electron chi connectivity index (χ4n) is 3.99. The van der Waals surface area contributed by atoms with E-state index in [1.165, 1.54) is 38.2 Å². The molecule has 4 nitrogen and oxygen atoms in total. The molecule has 1 aromatic carbocycles. The first-order valence-corrected chi connectivity index (χ1v) is 9.96. The Morgan fingerprint density at radius 1 is 1.11 bits per heavy atom. The Kier molecular flexibility index (Phi) is 5.48. The van der Waals surface area contributed by atoms with Crippen molar-refractivity contribution in [1.29, 1.82) is 0 Å². The van der Waals surface area contributed by atoms with Crippen LogP contribution < -0.4 is 10.2 Å². The Balaban J connectivity index is 1.54. The molecule has 1 N–H and O–H groups in total. The average Bonchev–Trinajstić information content (AvgIpc) is 2.66. The predicted molar refractivity (Wildman–Crippen MR) is 104 cm³/mol. The molecule has 2 heterocycles. The molecule has 4 rings (SSSR count). The molecule has 0 radical (unpaired) electrons. The predicted octanol–water partition coefficient (Wildman–Crippen LogP) is 4.16. The Labute approximate surface area is 159 Å². The monoisotopic (exact) mass is 367 g/mol. The largest absolute Gasteiger partial charge is 0.306 e. The molecule has 1 aliphatic heterocycles. The van der Waals surface area contributed by atoms with Crippen molar-refractivity contribution in [3.8, 4) is 0 Å². The van der Waals surface area contributed by atoms with Crippen molar-refractivity contribution in [3.05, 3.63) is 59.7 Å². The van der Waals surface area contributed by atoms with E-state index in [0.29, 0.717) is 18.2 Å². The van der Waals surface area contributed by atoms with Gasteiger partial charge in [0.2, 0.25) is 5.91 Å². The number of benzene rings is 1. The third kappa shape index (κ3) is 4.03. The Hall–Kier alpha value is -2.27. The van der Waals surface area contributed by atoms with Crippen LogP contribution in [0.5, 0.6) is 0 Å². The van der Waals surface area contributed by atoms with Crippen molar-refractivity contribution < 1.29 is 9.18 Å². The second kappa shape index (κ2) is 8.17. The van der Waals surface area contributed by atoms with E-state index in [4.69, 9.17) is 0 Å². The van der Waals surface area contributed by atoms with E-state index >= 15 is 0 Å². The van der Waals surface area contributed by atoms with Gasteiger partial charge in [0, 0.05) is 17.8 Å². The number of aromatic nitrogens is 1. The van der Waals surface area contributed by atoms with Gasteiger partial charge in [-0.05, 0) is 49.6 Å². The second-order valence-electron chi connectivity index (χ2n) is 7.60. The number of nitrogens with one attached hydrogen (secondary N) is 1. The molecule has 1 amide bonds. The van der Waals surface area contributed by atoms with Crippen LogP contribution >= 0.6 is 0 Å². The summed E-state index contributed by atoms with van der Waals surface area (Å²) in [4.78, 5) is 19.1. The summed E-state index contributed by atoms with van der Waals surface area (Å²) in [6, 6.07) is 10.4. The molecular weight excluding hydrogens is 341 g/mol. The van der Waals surface area contributed by atoms with Crippen LogP contribution in [0.25, 0.3) is 0 Å². The van der Waals surface area contributed by atoms with Crippen LogP contribution in [0.1, 0.15) is 55.7 Å². The molecule has 2 aliphatic rings. The summed E-state index contributed by atoms with van der Waals surface area (Å²) >= 11 is 0. The maximum absolute atomic E-state index is 14.4. The summed E-state index contributed by atoms with van der Waals surface area (Å²) in [6.45, 7) is 1.16. The lowest BCUT2D eigenvalue weighted by atomic mass is 9.86. The minimum absolute atomic E-state index is 0.0808. The number of carbonyl (C=O) groups is 1. The number of anilines is 1. The van der Waals surface area contributed by atoms with Gasteiger partial charge in [0.25, 0.3) is 0 Å². The van der Waals surface area contributed by atoms with Crippen LogP contribution in [0.4, 0.5) is 10.1 Å². The molecule has 2 fully saturated rings. The first-order valence-electron chi connectivity index (χ1n) is 9.96. The number of pyridine rings is 1. The summed E-state index contributed by atoms with van der Waals surface area (Å²) in [5, 5.41) is 3.12. The maximum Gasteiger partial charge on any atom is 0.244 e. The van der Waals surface area contributed by atoms with Gasteiger partial charge in [0.1, 0.15) is 5.82 Å². The summed E-state index contributed by atoms with van der Waals surface area (Å²) in [7, 11) is 0. The SMILES string of the molecule is O=C(C1CCN1)N(Cc1ccc(C2CCCCC2)nc1)c1ccccc1F. The minimum atomic E-state index is -0.378. The number of halogens is 1. The molecule has 2 aromatic rings. The zero-order valence-electron chi connectivity index (χ0n) is 15.5. The summed E-state index contributed by atoms with van der Waals surface area (Å²) in [5.74, 6) is 0.0935. The lowest BCUT2D eigenvalue weighted by Crippen LogP contribution is -2.54. The minimum Gasteiger partial charge on any atom is -0.306 e. The third-order valence-electron chi connectivity index (χ3n) is 5.74. The van der Waals surface area contributed by atoms with Crippen molar-refractivity contribution in [1.82, 2.24) is 10.3 Å². The number of para-hydroxylation sites is 1. The molecule has 1 aromatic heterocycles. The highest BCUT2D eigenvalue weighted by Crippen LogP contribution is 2.31. The van der Waals surface area contributed by atoms with Gasteiger partial charge in [-0.3, -0.25) is 9.78 Å². The maximum atomic E-state index is 14.4. The third-order valence-corrected chi connectivity index (χ3v) is 5.74. The highest BCUT2D eigenvalue weighted by Gasteiger charge is 2.31. The van der Waals surface area contributed by atoms with Gasteiger partial charge in [0.15, 0.2) is 0 Å². The van der Waals surface area contributed by atoms with Crippen LogP contribution in [0.15, 0.2) is 42.6 Å². The number of rotatable bonds is 5. The smallest absolute Gasteiger partial charge is 0.244 e. The normalized spacial score (nSPS) is 20.1. The van der Waals surface area contributed by atoms with E-state index in [9.17, 15) is 9.18 Å². The van der Waals surface area contributed by atoms with Crippen molar-refractivity contribution in [2.24, 2.45) is 0 Å². The van der Waals surface area contributed by atoms with Crippen molar-refractivity contribution in [2.45, 2.75) is 57.0 Å². The zero-order chi connectivity index (χ0) is 18.6. The number of amides is 1. The standard InChI is InChI=1S/C22H26FN3O/c23-18-8-4-5-9-21(18)26(22(27)20-12-13-24-20)15-16-10-11-19(25-14-16)17-6-2-1-3-7-17/h4-5,8-11,14,17,20,24H,1-3,6-7,12-13,15H2. The average molecular weight is 367 g/mol. The van der Waals surface area contributed by atoms with Crippen molar-refractivity contribution in [2.75, 3.05) is 11.4 Å². The van der Waals surface area contributed by atoms with Crippen LogP contribution in [0, 0.1) is 5.82 Å². The van der Waals surface area contributed by atoms with E-state index in [0.717, 1.165) is 24.2 Å². The molecule has 1 atom stereocenters. The van der Waals surface area contributed by atoms with Gasteiger partial charge in [-0.1, -0.05) is 37.5 Å². The molecule has 142 valence electrons. The van der Waals surface area contributed by atoms with Crippen molar-refractivity contribution in [3.63, 3.8) is 0 Å². The topological polar surface area (TPSA) is 45.2 Å². The van der Waals surface area contributed by atoms with Crippen LogP contribution in [-0.2, 0) is 11.3 Å². The second-order valence-corrected chi connectivity index (χ2v) is 7.60. The van der Waals surface area contributed by atoms with E-state index in [-0.39, 0.29) is 17.8 Å². The van der Waals surface area contributed by atoms with E-state index in [1.54, 1.807) is 23.1 Å². The van der Waals surface area contributed by atoms with E-state index < -0.39 is 0 Å². The van der Waals surface area contributed by atoms with Gasteiger partial charge in [0.05, 0.1) is 18.3 Å². The molecule has 1 aliphatic carbocycles. The molecule has 1 saturated carbocycles. The first kappa shape index (κ1) is 18.1. The number of hydrogen-bond acceptors (Lipinski definition) is 3. The van der Waals surface area contributed by atoms with Crippen LogP contribution in [-0.4, -0.2) is 23.5 Å². The number of hydrogen-bond donors (Lipinski definition) is 1. The summed E-state index contributed by atoms with van der Waals surface area (Å²) in [5.41, 5.74) is 2.39. The van der Waals surface area contributed by atoms with Gasteiger partial charge in [-0.2, -0.15) is 0 Å². The fraction of sp³-hybridized carbons (Fsp3) is 0.455. The molecular formula is C22H26FN3O. The number of carbonyl (C=O) groups excluding carboxylic acids is 1. The zero-order valence-corrected chi connectivity index (χ0v) is 15.5. The first-order chi connectivity index (χ1) is 13.2. The van der Waals surface area contributed by atoms with Gasteiger partial charge >= 0.3 is 0 Å². The molecule has 0 bridgehead atoms. The molecule has 5 heteroatoms. The van der Waals surface area contributed by atoms with Gasteiger partial charge in [-0.25, -0.2) is 4.39 Å². The summed E-state index contributed by atoms with van der Waals surface area (Å²) < 4.78 is 14.4. The quantitative estimate of drug-likeness (QED) is 0.863. The van der Waals surface area contributed by atoms with Crippen LogP contribution in [0.2, 0.25) is 0 Å². The fourth-order valence-corrected chi connectivity index (χ4v) is 3.99. The lowest BCUT2D eigenvalue weighted by molar-refractivity contribution is -0.122. The van der Waals surface area contributed by atoms with Crippen molar-refractivity contribution >= 4 is 11.6 Å². The molecule has 0 spiro atoms. The summed E-state index contributed by atoms with van der Waals surface area (Å²) in [6.07, 6.45) is 8.93. The Morgan fingerprint density at radius 3 is 2.52 bits per heavy atom. The highest BCUT2D eigenvalue weighted by molar-refractivity contribution is 5.97. The van der Waals surface area contributed by atoms with E-state index in [1.807, 2.05) is 12.3 Å². The molecule has 1 unspecified atom stereocenters. The van der Waals surface area contributed by atoms with Gasteiger partial charge in [-0.15, -0.1) is 0 Å². The highest BCUT2D eigenvalue weighted by atomic mass is 19.1. The van der Waals surface area contributed by atoms with E-state index in [2.05, 4.69) is 16.4 Å².